The van der Waals surface area contributed by atoms with Crippen LogP contribution in [0.5, 0.6) is 0 Å². The van der Waals surface area contributed by atoms with Gasteiger partial charge in [0.15, 0.2) is 5.13 Å². The van der Waals surface area contributed by atoms with E-state index in [0.29, 0.717) is 5.92 Å². The number of amides is 1. The summed E-state index contributed by atoms with van der Waals surface area (Å²) in [4.78, 5) is 21.5. The topological polar surface area (TPSA) is 45.7 Å². The zero-order chi connectivity index (χ0) is 14.7. The largest absolute Gasteiger partial charge is 0.381 e. The number of aromatic nitrogens is 1. The Morgan fingerprint density at radius 3 is 3.14 bits per heavy atom. The summed E-state index contributed by atoms with van der Waals surface area (Å²) < 4.78 is 5.43. The van der Waals surface area contributed by atoms with Crippen molar-refractivity contribution >= 4 is 22.4 Å². The maximum atomic E-state index is 12.9. The first kappa shape index (κ1) is 14.8. The number of rotatable bonds is 5. The van der Waals surface area contributed by atoms with Gasteiger partial charge in [0.2, 0.25) is 5.91 Å². The van der Waals surface area contributed by atoms with Crippen molar-refractivity contribution in [1.29, 1.82) is 0 Å². The fourth-order valence-electron chi connectivity index (χ4n) is 3.23. The summed E-state index contributed by atoms with van der Waals surface area (Å²) in [5.74, 6) is 0.765. The van der Waals surface area contributed by atoms with Crippen molar-refractivity contribution in [2.24, 2.45) is 5.92 Å². The molecule has 5 nitrogen and oxygen atoms in total. The number of hydrogen-bond acceptors (Lipinski definition) is 5. The third-order valence-corrected chi connectivity index (χ3v) is 5.21. The van der Waals surface area contributed by atoms with Gasteiger partial charge >= 0.3 is 0 Å². The van der Waals surface area contributed by atoms with Crippen molar-refractivity contribution in [3.8, 4) is 0 Å². The predicted molar refractivity (Wildman–Crippen MR) is 83.7 cm³/mol. The van der Waals surface area contributed by atoms with Crippen LogP contribution in [0, 0.1) is 5.92 Å². The lowest BCUT2D eigenvalue weighted by molar-refractivity contribution is -0.132. The molecule has 0 aromatic carbocycles. The quantitative estimate of drug-likeness (QED) is 0.834. The molecule has 0 bridgehead atoms. The zero-order valence-corrected chi connectivity index (χ0v) is 13.3. The third-order valence-electron chi connectivity index (χ3n) is 4.40. The normalized spacial score (nSPS) is 25.5. The molecule has 0 radical (unpaired) electrons. The number of hydrogen-bond donors (Lipinski definition) is 0. The van der Waals surface area contributed by atoms with Gasteiger partial charge < -0.3 is 14.5 Å². The van der Waals surface area contributed by atoms with Crippen molar-refractivity contribution in [3.63, 3.8) is 0 Å². The maximum absolute atomic E-state index is 12.9. The Morgan fingerprint density at radius 2 is 2.48 bits per heavy atom. The Balaban J connectivity index is 1.66. The van der Waals surface area contributed by atoms with Crippen LogP contribution in [0.2, 0.25) is 0 Å². The fraction of sp³-hybridized carbons (Fsp3) is 0.733. The van der Waals surface area contributed by atoms with Crippen LogP contribution in [0.25, 0.3) is 0 Å². The highest BCUT2D eigenvalue weighted by Gasteiger charge is 2.35. The lowest BCUT2D eigenvalue weighted by Gasteiger charge is -2.30. The Hall–Kier alpha value is -1.14. The lowest BCUT2D eigenvalue weighted by Crippen LogP contribution is -2.47. The summed E-state index contributed by atoms with van der Waals surface area (Å²) in [5, 5.41) is 2.95. The van der Waals surface area contributed by atoms with Crippen LogP contribution in [0.15, 0.2) is 11.6 Å². The number of carbonyl (C=O) groups is 1. The number of ether oxygens (including phenoxy) is 1. The van der Waals surface area contributed by atoms with E-state index in [0.717, 1.165) is 57.2 Å². The van der Waals surface area contributed by atoms with E-state index in [4.69, 9.17) is 4.74 Å². The molecule has 3 rings (SSSR count). The molecule has 2 aliphatic heterocycles. The summed E-state index contributed by atoms with van der Waals surface area (Å²) in [6, 6.07) is -0.0292. The summed E-state index contributed by atoms with van der Waals surface area (Å²) in [6.07, 6.45) is 4.90. The summed E-state index contributed by atoms with van der Waals surface area (Å²) in [5.41, 5.74) is 0. The minimum atomic E-state index is -0.0292. The smallest absolute Gasteiger partial charge is 0.245 e. The van der Waals surface area contributed by atoms with Gasteiger partial charge in [0.1, 0.15) is 6.04 Å². The van der Waals surface area contributed by atoms with E-state index in [2.05, 4.69) is 16.8 Å². The number of likely N-dealkylation sites (N-methyl/N-ethyl adjacent to an activating group) is 1. The average Bonchev–Trinajstić information content (AvgIpc) is 3.25. The first-order valence-corrected chi connectivity index (χ1v) is 8.70. The van der Waals surface area contributed by atoms with E-state index in [1.807, 2.05) is 16.5 Å². The van der Waals surface area contributed by atoms with E-state index in [-0.39, 0.29) is 11.9 Å². The van der Waals surface area contributed by atoms with Crippen LogP contribution in [-0.4, -0.2) is 54.7 Å². The standard InChI is InChI=1S/C15H23N3O2S/c1-2-17(10-12-5-8-20-11-12)14(19)13-4-3-7-18(13)15-16-6-9-21-15/h6,9,12-13H,2-5,7-8,10-11H2,1H3. The minimum absolute atomic E-state index is 0.0292. The Morgan fingerprint density at radius 1 is 1.57 bits per heavy atom. The molecule has 2 fully saturated rings. The van der Waals surface area contributed by atoms with Gasteiger partial charge in [-0.3, -0.25) is 4.79 Å². The van der Waals surface area contributed by atoms with Gasteiger partial charge in [-0.05, 0) is 26.2 Å². The number of carbonyl (C=O) groups excluding carboxylic acids is 1. The molecule has 2 unspecified atom stereocenters. The molecule has 1 aromatic heterocycles. The van der Waals surface area contributed by atoms with Crippen LogP contribution in [0.4, 0.5) is 5.13 Å². The highest BCUT2D eigenvalue weighted by atomic mass is 32.1. The van der Waals surface area contributed by atoms with Gasteiger partial charge in [-0.25, -0.2) is 4.98 Å². The van der Waals surface area contributed by atoms with Crippen molar-refractivity contribution in [2.75, 3.05) is 37.7 Å². The molecule has 0 N–H and O–H groups in total. The average molecular weight is 309 g/mol. The van der Waals surface area contributed by atoms with Gasteiger partial charge in [-0.15, -0.1) is 11.3 Å². The van der Waals surface area contributed by atoms with Crippen LogP contribution in [0.3, 0.4) is 0 Å². The van der Waals surface area contributed by atoms with Crippen LogP contribution in [-0.2, 0) is 9.53 Å². The van der Waals surface area contributed by atoms with E-state index < -0.39 is 0 Å². The van der Waals surface area contributed by atoms with E-state index in [1.54, 1.807) is 11.3 Å². The minimum Gasteiger partial charge on any atom is -0.381 e. The third kappa shape index (κ3) is 3.21. The second-order valence-electron chi connectivity index (χ2n) is 5.77. The summed E-state index contributed by atoms with van der Waals surface area (Å²) in [7, 11) is 0. The molecule has 0 aliphatic carbocycles. The summed E-state index contributed by atoms with van der Waals surface area (Å²) in [6.45, 7) is 6.25. The molecule has 2 saturated heterocycles. The molecule has 0 spiro atoms. The molecule has 2 atom stereocenters. The molecule has 116 valence electrons. The molecule has 2 aliphatic rings. The van der Waals surface area contributed by atoms with Crippen LogP contribution >= 0.6 is 11.3 Å². The van der Waals surface area contributed by atoms with Gasteiger partial charge in [-0.1, -0.05) is 0 Å². The first-order chi connectivity index (χ1) is 10.3. The van der Waals surface area contributed by atoms with Crippen LogP contribution < -0.4 is 4.90 Å². The molecule has 1 amide bonds. The molecule has 0 saturated carbocycles. The van der Waals surface area contributed by atoms with Gasteiger partial charge in [0, 0.05) is 43.7 Å². The van der Waals surface area contributed by atoms with Gasteiger partial charge in [0.05, 0.1) is 6.61 Å². The van der Waals surface area contributed by atoms with Gasteiger partial charge in [0.25, 0.3) is 0 Å². The predicted octanol–water partition coefficient (Wildman–Crippen LogP) is 2.00. The fourth-order valence-corrected chi connectivity index (χ4v) is 3.95. The van der Waals surface area contributed by atoms with Crippen molar-refractivity contribution in [2.45, 2.75) is 32.2 Å². The zero-order valence-electron chi connectivity index (χ0n) is 12.5. The highest BCUT2D eigenvalue weighted by molar-refractivity contribution is 7.13. The molecular formula is C15H23N3O2S. The Kier molecular flexibility index (Phi) is 4.75. The second-order valence-corrected chi connectivity index (χ2v) is 6.65. The number of thiazole rings is 1. The van der Waals surface area contributed by atoms with E-state index in [9.17, 15) is 4.79 Å². The summed E-state index contributed by atoms with van der Waals surface area (Å²) >= 11 is 1.62. The first-order valence-electron chi connectivity index (χ1n) is 7.82. The van der Waals surface area contributed by atoms with Crippen molar-refractivity contribution in [1.82, 2.24) is 9.88 Å². The number of anilines is 1. The molecular weight excluding hydrogens is 286 g/mol. The SMILES string of the molecule is CCN(CC1CCOC1)C(=O)C1CCCN1c1nccs1. The maximum Gasteiger partial charge on any atom is 0.245 e. The molecule has 1 aromatic rings. The van der Waals surface area contributed by atoms with Gasteiger partial charge in [-0.2, -0.15) is 0 Å². The Labute approximate surface area is 129 Å². The monoisotopic (exact) mass is 309 g/mol. The van der Waals surface area contributed by atoms with Crippen molar-refractivity contribution in [3.05, 3.63) is 11.6 Å². The van der Waals surface area contributed by atoms with E-state index >= 15 is 0 Å². The lowest BCUT2D eigenvalue weighted by atomic mass is 10.1. The van der Waals surface area contributed by atoms with E-state index in [1.165, 1.54) is 0 Å². The number of nitrogens with zero attached hydrogens (tertiary/aromatic N) is 3. The molecule has 3 heterocycles. The molecule has 21 heavy (non-hydrogen) atoms. The Bertz CT molecular complexity index is 459. The molecule has 6 heteroatoms. The highest BCUT2D eigenvalue weighted by Crippen LogP contribution is 2.28. The van der Waals surface area contributed by atoms with Crippen LogP contribution in [0.1, 0.15) is 26.2 Å². The second kappa shape index (κ2) is 6.75. The van der Waals surface area contributed by atoms with Crippen molar-refractivity contribution < 1.29 is 9.53 Å².